The molecule has 1 aromatic heterocycles. The third-order valence-corrected chi connectivity index (χ3v) is 5.10. The van der Waals surface area contributed by atoms with Crippen LogP contribution in [0.4, 0.5) is 0 Å². The molecule has 1 amide bonds. The van der Waals surface area contributed by atoms with Crippen molar-refractivity contribution < 1.29 is 4.79 Å². The van der Waals surface area contributed by atoms with Crippen molar-refractivity contribution in [3.05, 3.63) is 65.5 Å². The number of aryl methyl sites for hydroxylation is 1. The molecule has 0 spiro atoms. The van der Waals surface area contributed by atoms with Crippen molar-refractivity contribution in [1.82, 2.24) is 9.88 Å². The van der Waals surface area contributed by atoms with Crippen LogP contribution < -0.4 is 0 Å². The summed E-state index contributed by atoms with van der Waals surface area (Å²) in [4.78, 5) is 18.3. The van der Waals surface area contributed by atoms with Gasteiger partial charge in [-0.05, 0) is 29.7 Å². The van der Waals surface area contributed by atoms with Gasteiger partial charge in [-0.2, -0.15) is 0 Å². The fraction of sp³-hybridized carbons (Fsp3) is 0.333. The van der Waals surface area contributed by atoms with E-state index in [0.29, 0.717) is 11.7 Å². The Bertz CT molecular complexity index is 639. The van der Waals surface area contributed by atoms with Crippen molar-refractivity contribution in [3.63, 3.8) is 0 Å². The first-order chi connectivity index (χ1) is 10.7. The highest BCUT2D eigenvalue weighted by Gasteiger charge is 2.31. The van der Waals surface area contributed by atoms with Crippen LogP contribution in [0.2, 0.25) is 0 Å². The lowest BCUT2D eigenvalue weighted by Crippen LogP contribution is -2.49. The summed E-state index contributed by atoms with van der Waals surface area (Å²) in [6.07, 6.45) is 3.69. The molecule has 1 fully saturated rings. The number of carbonyl (C=O) groups is 1. The molecule has 2 aromatic rings. The summed E-state index contributed by atoms with van der Waals surface area (Å²) in [6, 6.07) is 12.4. The number of thioether (sulfide) groups is 1. The Morgan fingerprint density at radius 3 is 2.82 bits per heavy atom. The van der Waals surface area contributed by atoms with Crippen LogP contribution in [-0.4, -0.2) is 34.6 Å². The standard InChI is InChI=1S/C18H20N2OS/c1-14-5-2-3-6-16(14)12-22-13-18(21)20-10-17(11-20)15-7-4-8-19-9-15/h2-9,17H,10-13H2,1H3. The van der Waals surface area contributed by atoms with Gasteiger partial charge in [0, 0.05) is 37.2 Å². The predicted octanol–water partition coefficient (Wildman–Crippen LogP) is 3.25. The van der Waals surface area contributed by atoms with Crippen LogP contribution in [0.1, 0.15) is 22.6 Å². The Morgan fingerprint density at radius 1 is 1.27 bits per heavy atom. The summed E-state index contributed by atoms with van der Waals surface area (Å²) < 4.78 is 0. The van der Waals surface area contributed by atoms with Crippen LogP contribution in [-0.2, 0) is 10.5 Å². The van der Waals surface area contributed by atoms with Gasteiger partial charge in [-0.1, -0.05) is 30.3 Å². The molecule has 1 aliphatic heterocycles. The van der Waals surface area contributed by atoms with E-state index in [1.165, 1.54) is 16.7 Å². The quantitative estimate of drug-likeness (QED) is 0.850. The molecule has 0 radical (unpaired) electrons. The van der Waals surface area contributed by atoms with E-state index in [-0.39, 0.29) is 5.91 Å². The Balaban J connectivity index is 1.42. The lowest BCUT2D eigenvalue weighted by atomic mass is 9.93. The van der Waals surface area contributed by atoms with Gasteiger partial charge >= 0.3 is 0 Å². The van der Waals surface area contributed by atoms with Crippen molar-refractivity contribution in [2.24, 2.45) is 0 Å². The van der Waals surface area contributed by atoms with Crippen LogP contribution in [0.3, 0.4) is 0 Å². The minimum Gasteiger partial charge on any atom is -0.341 e. The zero-order valence-corrected chi connectivity index (χ0v) is 13.6. The van der Waals surface area contributed by atoms with E-state index >= 15 is 0 Å². The first kappa shape index (κ1) is 15.1. The highest BCUT2D eigenvalue weighted by atomic mass is 32.2. The van der Waals surface area contributed by atoms with Gasteiger partial charge in [-0.25, -0.2) is 0 Å². The highest BCUT2D eigenvalue weighted by Crippen LogP contribution is 2.27. The van der Waals surface area contributed by atoms with Crippen LogP contribution in [0, 0.1) is 6.92 Å². The molecule has 0 aliphatic carbocycles. The number of aromatic nitrogens is 1. The number of rotatable bonds is 5. The van der Waals surface area contributed by atoms with Crippen LogP contribution >= 0.6 is 11.8 Å². The molecular weight excluding hydrogens is 292 g/mol. The molecule has 22 heavy (non-hydrogen) atoms. The first-order valence-electron chi connectivity index (χ1n) is 7.54. The van der Waals surface area contributed by atoms with E-state index in [0.717, 1.165) is 18.8 Å². The van der Waals surface area contributed by atoms with Crippen LogP contribution in [0.15, 0.2) is 48.8 Å². The molecular formula is C18H20N2OS. The maximum absolute atomic E-state index is 12.2. The molecule has 1 saturated heterocycles. The summed E-state index contributed by atoms with van der Waals surface area (Å²) in [6.45, 7) is 3.77. The van der Waals surface area contributed by atoms with Crippen LogP contribution in [0.5, 0.6) is 0 Å². The summed E-state index contributed by atoms with van der Waals surface area (Å²) in [7, 11) is 0. The highest BCUT2D eigenvalue weighted by molar-refractivity contribution is 7.99. The van der Waals surface area contributed by atoms with Gasteiger partial charge < -0.3 is 4.90 Å². The van der Waals surface area contributed by atoms with Crippen molar-refractivity contribution in [1.29, 1.82) is 0 Å². The van der Waals surface area contributed by atoms with Gasteiger partial charge in [0.15, 0.2) is 0 Å². The average molecular weight is 312 g/mol. The topological polar surface area (TPSA) is 33.2 Å². The maximum Gasteiger partial charge on any atom is 0.232 e. The zero-order valence-electron chi connectivity index (χ0n) is 12.7. The van der Waals surface area contributed by atoms with E-state index < -0.39 is 0 Å². The number of pyridine rings is 1. The number of benzene rings is 1. The fourth-order valence-electron chi connectivity index (χ4n) is 2.62. The minimum atomic E-state index is 0.249. The molecule has 2 heterocycles. The maximum atomic E-state index is 12.2. The Labute approximate surface area is 135 Å². The third-order valence-electron chi connectivity index (χ3n) is 4.13. The van der Waals surface area contributed by atoms with Crippen molar-refractivity contribution >= 4 is 17.7 Å². The molecule has 4 heteroatoms. The Morgan fingerprint density at radius 2 is 2.09 bits per heavy atom. The molecule has 0 saturated carbocycles. The second-order valence-electron chi connectivity index (χ2n) is 5.70. The van der Waals surface area contributed by atoms with Gasteiger partial charge in [0.2, 0.25) is 5.91 Å². The average Bonchev–Trinajstić information content (AvgIpc) is 2.49. The second kappa shape index (κ2) is 6.97. The number of hydrogen-bond donors (Lipinski definition) is 0. The summed E-state index contributed by atoms with van der Waals surface area (Å²) in [5.74, 6) is 2.17. The number of likely N-dealkylation sites (tertiary alicyclic amines) is 1. The lowest BCUT2D eigenvalue weighted by Gasteiger charge is -2.39. The molecule has 1 aromatic carbocycles. The van der Waals surface area contributed by atoms with Gasteiger partial charge in [0.1, 0.15) is 0 Å². The molecule has 0 N–H and O–H groups in total. The van der Waals surface area contributed by atoms with Crippen LogP contribution in [0.25, 0.3) is 0 Å². The van der Waals surface area contributed by atoms with Gasteiger partial charge in [0.05, 0.1) is 5.75 Å². The number of nitrogens with zero attached hydrogens (tertiary/aromatic N) is 2. The van der Waals surface area contributed by atoms with Crippen molar-refractivity contribution in [2.45, 2.75) is 18.6 Å². The first-order valence-corrected chi connectivity index (χ1v) is 8.69. The van der Waals surface area contributed by atoms with E-state index in [9.17, 15) is 4.79 Å². The Kier molecular flexibility index (Phi) is 4.78. The molecule has 0 bridgehead atoms. The molecule has 0 unspecified atom stereocenters. The summed E-state index contributed by atoms with van der Waals surface area (Å²) in [5, 5.41) is 0. The molecule has 3 rings (SSSR count). The summed E-state index contributed by atoms with van der Waals surface area (Å²) in [5.41, 5.74) is 3.85. The Hall–Kier alpha value is -1.81. The van der Waals surface area contributed by atoms with E-state index in [4.69, 9.17) is 0 Å². The zero-order chi connectivity index (χ0) is 15.4. The van der Waals surface area contributed by atoms with Gasteiger partial charge in [-0.3, -0.25) is 9.78 Å². The van der Waals surface area contributed by atoms with E-state index in [1.54, 1.807) is 18.0 Å². The number of carbonyl (C=O) groups excluding carboxylic acids is 1. The molecule has 0 atom stereocenters. The number of amides is 1. The fourth-order valence-corrected chi connectivity index (χ4v) is 3.63. The minimum absolute atomic E-state index is 0.249. The summed E-state index contributed by atoms with van der Waals surface area (Å²) >= 11 is 1.70. The smallest absolute Gasteiger partial charge is 0.232 e. The normalized spacial score (nSPS) is 14.7. The predicted molar refractivity (Wildman–Crippen MR) is 90.9 cm³/mol. The molecule has 114 valence electrons. The third kappa shape index (κ3) is 3.50. The van der Waals surface area contributed by atoms with Crippen molar-refractivity contribution in [3.8, 4) is 0 Å². The molecule has 3 nitrogen and oxygen atoms in total. The van der Waals surface area contributed by atoms with E-state index in [2.05, 4.69) is 36.2 Å². The second-order valence-corrected chi connectivity index (χ2v) is 6.69. The largest absolute Gasteiger partial charge is 0.341 e. The van der Waals surface area contributed by atoms with Crippen molar-refractivity contribution in [2.75, 3.05) is 18.8 Å². The van der Waals surface area contributed by atoms with Gasteiger partial charge in [0.25, 0.3) is 0 Å². The molecule has 1 aliphatic rings. The monoisotopic (exact) mass is 312 g/mol. The lowest BCUT2D eigenvalue weighted by molar-refractivity contribution is -0.132. The van der Waals surface area contributed by atoms with Gasteiger partial charge in [-0.15, -0.1) is 11.8 Å². The number of hydrogen-bond acceptors (Lipinski definition) is 3. The SMILES string of the molecule is Cc1ccccc1CSCC(=O)N1CC(c2cccnc2)C1. The van der Waals surface area contributed by atoms with E-state index in [1.807, 2.05) is 23.2 Å².